The van der Waals surface area contributed by atoms with Crippen LogP contribution in [-0.2, 0) is 32.7 Å². The third-order valence-electron chi connectivity index (χ3n) is 12.2. The van der Waals surface area contributed by atoms with Gasteiger partial charge in [-0.05, 0) is 38.5 Å². The van der Waals surface area contributed by atoms with Crippen molar-refractivity contribution in [2.75, 3.05) is 47.5 Å². The molecule has 0 N–H and O–H groups in total. The number of esters is 2. The molecule has 0 aromatic carbocycles. The molecule has 0 aromatic heterocycles. The molecule has 10 heteroatoms. The second kappa shape index (κ2) is 47.6. The van der Waals surface area contributed by atoms with Crippen LogP contribution in [0.1, 0.15) is 264 Å². The first-order valence-corrected chi connectivity index (χ1v) is 29.0. The monoisotopic (exact) mass is 940 g/mol. The minimum Gasteiger partial charge on any atom is -0.756 e. The molecule has 2 atom stereocenters. The average molecular weight is 940 g/mol. The molecule has 0 aromatic rings. The number of unbranched alkanes of at least 4 members (excludes halogenated alkanes) is 33. The van der Waals surface area contributed by atoms with Crippen molar-refractivity contribution in [2.24, 2.45) is 0 Å². The number of carbonyl (C=O) groups excluding carboxylic acids is 2. The molecule has 0 aliphatic rings. The molecular formula is C55H106NO8P. The molecule has 65 heavy (non-hydrogen) atoms. The largest absolute Gasteiger partial charge is 0.756 e. The van der Waals surface area contributed by atoms with E-state index in [-0.39, 0.29) is 32.0 Å². The molecule has 0 heterocycles. The number of carbonyl (C=O) groups is 2. The van der Waals surface area contributed by atoms with Crippen molar-refractivity contribution >= 4 is 19.8 Å². The lowest BCUT2D eigenvalue weighted by molar-refractivity contribution is -0.870. The number of likely N-dealkylation sites (N-methyl/N-ethyl adjacent to an activating group) is 1. The van der Waals surface area contributed by atoms with Crippen molar-refractivity contribution < 1.29 is 42.1 Å². The van der Waals surface area contributed by atoms with Gasteiger partial charge in [-0.3, -0.25) is 14.2 Å². The average Bonchev–Trinajstić information content (AvgIpc) is 3.26. The van der Waals surface area contributed by atoms with Crippen LogP contribution in [0.15, 0.2) is 24.3 Å². The Kier molecular flexibility index (Phi) is 46.4. The van der Waals surface area contributed by atoms with E-state index in [9.17, 15) is 19.0 Å². The van der Waals surface area contributed by atoms with Crippen LogP contribution in [0.5, 0.6) is 0 Å². The summed E-state index contributed by atoms with van der Waals surface area (Å²) in [5.41, 5.74) is 0. The highest BCUT2D eigenvalue weighted by Gasteiger charge is 2.21. The first kappa shape index (κ1) is 63.5. The topological polar surface area (TPSA) is 111 Å². The zero-order valence-corrected chi connectivity index (χ0v) is 44.3. The Morgan fingerprint density at radius 3 is 1.28 bits per heavy atom. The van der Waals surface area contributed by atoms with Crippen molar-refractivity contribution in [3.05, 3.63) is 24.3 Å². The zero-order valence-electron chi connectivity index (χ0n) is 43.5. The van der Waals surface area contributed by atoms with E-state index < -0.39 is 26.5 Å². The third-order valence-corrected chi connectivity index (χ3v) is 13.2. The molecule has 0 rings (SSSR count). The van der Waals surface area contributed by atoms with Crippen LogP contribution in [0.2, 0.25) is 0 Å². The molecule has 0 fully saturated rings. The molecular weight excluding hydrogens is 834 g/mol. The Morgan fingerprint density at radius 2 is 0.862 bits per heavy atom. The Bertz CT molecular complexity index is 1150. The fraction of sp³-hybridized carbons (Fsp3) is 0.891. The number of quaternary nitrogens is 1. The summed E-state index contributed by atoms with van der Waals surface area (Å²) < 4.78 is 34.0. The molecule has 0 bridgehead atoms. The van der Waals surface area contributed by atoms with Gasteiger partial charge in [0.2, 0.25) is 0 Å². The second-order valence-corrected chi connectivity index (χ2v) is 21.4. The Morgan fingerprint density at radius 1 is 0.477 bits per heavy atom. The van der Waals surface area contributed by atoms with Crippen molar-refractivity contribution in [1.82, 2.24) is 0 Å². The highest BCUT2D eigenvalue weighted by Crippen LogP contribution is 2.38. The van der Waals surface area contributed by atoms with Crippen LogP contribution in [-0.4, -0.2) is 70.0 Å². The summed E-state index contributed by atoms with van der Waals surface area (Å²) in [7, 11) is 1.17. The number of ether oxygens (including phenoxy) is 2. The number of phosphoric ester groups is 1. The summed E-state index contributed by atoms with van der Waals surface area (Å²) in [5, 5.41) is 0. The summed E-state index contributed by atoms with van der Waals surface area (Å²) in [6, 6.07) is 0. The SMILES string of the molecule is CCC/C=C\C/C=C\CCCCCCCC(=O)OC(COC(=O)CCCCCCCCCCCCCCCCCCCCCCCCCCCCCC)COP(=O)([O-])OCC[N+](C)(C)C. The van der Waals surface area contributed by atoms with Gasteiger partial charge < -0.3 is 27.9 Å². The molecule has 384 valence electrons. The van der Waals surface area contributed by atoms with Gasteiger partial charge in [-0.1, -0.05) is 237 Å². The first-order valence-electron chi connectivity index (χ1n) is 27.5. The molecule has 9 nitrogen and oxygen atoms in total. The van der Waals surface area contributed by atoms with Gasteiger partial charge in [-0.25, -0.2) is 0 Å². The summed E-state index contributed by atoms with van der Waals surface area (Å²) in [4.78, 5) is 37.7. The van der Waals surface area contributed by atoms with Gasteiger partial charge in [-0.15, -0.1) is 0 Å². The lowest BCUT2D eigenvalue weighted by Gasteiger charge is -2.28. The maximum absolute atomic E-state index is 12.7. The molecule has 0 spiro atoms. The third kappa shape index (κ3) is 51.7. The number of nitrogens with zero attached hydrogens (tertiary/aromatic N) is 1. The zero-order chi connectivity index (χ0) is 47.8. The molecule has 2 unspecified atom stereocenters. The number of hydrogen-bond donors (Lipinski definition) is 0. The lowest BCUT2D eigenvalue weighted by atomic mass is 10.0. The van der Waals surface area contributed by atoms with Gasteiger partial charge in [0.1, 0.15) is 19.8 Å². The van der Waals surface area contributed by atoms with Crippen molar-refractivity contribution in [3.8, 4) is 0 Å². The fourth-order valence-corrected chi connectivity index (χ4v) is 8.66. The van der Waals surface area contributed by atoms with Gasteiger partial charge in [-0.2, -0.15) is 0 Å². The van der Waals surface area contributed by atoms with E-state index in [0.717, 1.165) is 64.2 Å². The van der Waals surface area contributed by atoms with E-state index in [1.54, 1.807) is 0 Å². The van der Waals surface area contributed by atoms with Gasteiger partial charge in [0.25, 0.3) is 7.82 Å². The van der Waals surface area contributed by atoms with Crippen LogP contribution in [0.3, 0.4) is 0 Å². The molecule has 0 aliphatic carbocycles. The number of rotatable bonds is 51. The minimum absolute atomic E-state index is 0.0317. The van der Waals surface area contributed by atoms with E-state index >= 15 is 0 Å². The summed E-state index contributed by atoms with van der Waals surface area (Å²) in [5.74, 6) is -0.839. The van der Waals surface area contributed by atoms with Crippen LogP contribution in [0.4, 0.5) is 0 Å². The van der Waals surface area contributed by atoms with Crippen LogP contribution in [0.25, 0.3) is 0 Å². The Balaban J connectivity index is 4.03. The van der Waals surface area contributed by atoms with Crippen LogP contribution < -0.4 is 4.89 Å². The first-order chi connectivity index (χ1) is 31.5. The Hall–Kier alpha value is -1.51. The van der Waals surface area contributed by atoms with E-state index in [4.69, 9.17) is 18.5 Å². The maximum Gasteiger partial charge on any atom is 0.306 e. The minimum atomic E-state index is -4.63. The number of hydrogen-bond acceptors (Lipinski definition) is 8. The number of allylic oxidation sites excluding steroid dienone is 4. The van der Waals surface area contributed by atoms with Crippen LogP contribution >= 0.6 is 7.82 Å². The van der Waals surface area contributed by atoms with E-state index in [2.05, 4.69) is 38.2 Å². The summed E-state index contributed by atoms with van der Waals surface area (Å²) in [6.45, 7) is 4.19. The second-order valence-electron chi connectivity index (χ2n) is 20.0. The van der Waals surface area contributed by atoms with E-state index in [1.807, 2.05) is 21.1 Å². The number of phosphoric acid groups is 1. The summed E-state index contributed by atoms with van der Waals surface area (Å²) >= 11 is 0. The van der Waals surface area contributed by atoms with Gasteiger partial charge in [0.05, 0.1) is 27.7 Å². The van der Waals surface area contributed by atoms with Gasteiger partial charge in [0, 0.05) is 12.8 Å². The highest BCUT2D eigenvalue weighted by molar-refractivity contribution is 7.45. The predicted molar refractivity (Wildman–Crippen MR) is 273 cm³/mol. The maximum atomic E-state index is 12.7. The van der Waals surface area contributed by atoms with Gasteiger partial charge >= 0.3 is 11.9 Å². The molecule has 0 aliphatic heterocycles. The van der Waals surface area contributed by atoms with Crippen molar-refractivity contribution in [1.29, 1.82) is 0 Å². The highest BCUT2D eigenvalue weighted by atomic mass is 31.2. The normalized spacial score (nSPS) is 13.5. The molecule has 0 saturated carbocycles. The summed E-state index contributed by atoms with van der Waals surface area (Å²) in [6.07, 6.45) is 55.2. The van der Waals surface area contributed by atoms with Gasteiger partial charge in [0.15, 0.2) is 6.10 Å². The molecule has 0 amide bonds. The van der Waals surface area contributed by atoms with Crippen LogP contribution in [0, 0.1) is 0 Å². The lowest BCUT2D eigenvalue weighted by Crippen LogP contribution is -2.37. The molecule has 0 saturated heterocycles. The quantitative estimate of drug-likeness (QED) is 0.0195. The predicted octanol–water partition coefficient (Wildman–Crippen LogP) is 16.0. The van der Waals surface area contributed by atoms with Crippen molar-refractivity contribution in [2.45, 2.75) is 270 Å². The van der Waals surface area contributed by atoms with E-state index in [0.29, 0.717) is 17.4 Å². The molecule has 0 radical (unpaired) electrons. The standard InChI is InChI=1S/C55H106NO8P/c1-6-8-10-12-14-16-18-20-21-22-23-24-25-26-27-28-29-30-31-32-33-34-36-37-39-41-43-45-47-54(57)61-51-53(52-63-65(59,60)62-50-49-56(3,4)5)64-55(58)48-46-44-42-40-38-35-19-17-15-13-11-9-7-2/h11,13,17,19,53H,6-10,12,14-16,18,20-52H2,1-5H3/b13-11-,19-17-. The fourth-order valence-electron chi connectivity index (χ4n) is 7.93. The van der Waals surface area contributed by atoms with Crippen molar-refractivity contribution in [3.63, 3.8) is 0 Å². The van der Waals surface area contributed by atoms with E-state index in [1.165, 1.54) is 167 Å². The smallest absolute Gasteiger partial charge is 0.306 e. The Labute approximate surface area is 402 Å².